The Kier molecular flexibility index (Phi) is 2.06. The van der Waals surface area contributed by atoms with Crippen LogP contribution in [-0.2, 0) is 4.74 Å². The first-order valence-electron chi connectivity index (χ1n) is 6.10. The first-order valence-corrected chi connectivity index (χ1v) is 6.10. The Morgan fingerprint density at radius 3 is 3.00 bits per heavy atom. The Morgan fingerprint density at radius 1 is 1.53 bits per heavy atom. The number of fused-ring (bicyclic) bond motifs is 1. The number of ether oxygens (including phenoxy) is 1. The van der Waals surface area contributed by atoms with Gasteiger partial charge in [0.2, 0.25) is 0 Å². The Bertz CT molecular complexity index is 275. The molecule has 0 spiro atoms. The number of hydrogen-bond acceptors (Lipinski definition) is 2. The van der Waals surface area contributed by atoms with Crippen LogP contribution in [0.2, 0.25) is 0 Å². The van der Waals surface area contributed by atoms with E-state index in [1.54, 1.807) is 0 Å². The van der Waals surface area contributed by atoms with E-state index in [1.165, 1.54) is 25.6 Å². The van der Waals surface area contributed by atoms with Gasteiger partial charge in [0.05, 0.1) is 19.0 Å². The summed E-state index contributed by atoms with van der Waals surface area (Å²) in [5.41, 5.74) is 0.517. The van der Waals surface area contributed by atoms with Crippen molar-refractivity contribution in [2.24, 2.45) is 11.3 Å². The molecule has 1 saturated heterocycles. The molecule has 2 saturated carbocycles. The minimum absolute atomic E-state index is 0.489. The lowest BCUT2D eigenvalue weighted by Gasteiger charge is -2.30. The Hall–Kier alpha value is -0.570. The van der Waals surface area contributed by atoms with Gasteiger partial charge in [0, 0.05) is 18.5 Å². The second-order valence-electron chi connectivity index (χ2n) is 5.78. The van der Waals surface area contributed by atoms with Crippen LogP contribution in [0.1, 0.15) is 32.6 Å². The lowest BCUT2D eigenvalue weighted by Crippen LogP contribution is -2.38. The zero-order valence-electron chi connectivity index (χ0n) is 9.41. The third-order valence-electron chi connectivity index (χ3n) is 4.30. The third kappa shape index (κ3) is 1.78. The van der Waals surface area contributed by atoms with Crippen molar-refractivity contribution in [3.8, 4) is 0 Å². The molecule has 0 aromatic heterocycles. The molecule has 1 heterocycles. The van der Waals surface area contributed by atoms with Crippen LogP contribution in [0.5, 0.6) is 0 Å². The van der Waals surface area contributed by atoms with Crippen LogP contribution in [0, 0.1) is 16.7 Å². The first-order chi connectivity index (χ1) is 7.22. The van der Waals surface area contributed by atoms with E-state index in [2.05, 4.69) is 11.8 Å². The summed E-state index contributed by atoms with van der Waals surface area (Å²) in [5, 5.41) is 7.29. The van der Waals surface area contributed by atoms with E-state index in [9.17, 15) is 0 Å². The molecule has 3 atom stereocenters. The standard InChI is InChI=1S/C12H20N2O/c1-12(3-4-12)7-15-11-2-5-14(8-13)10-6-9(10)11/h8-11,13H,2-7H2,1H3. The molecule has 0 bridgehead atoms. The minimum Gasteiger partial charge on any atom is -0.377 e. The van der Waals surface area contributed by atoms with Gasteiger partial charge in [-0.2, -0.15) is 0 Å². The molecular formula is C12H20N2O. The molecule has 0 amide bonds. The van der Waals surface area contributed by atoms with E-state index in [1.807, 2.05) is 0 Å². The van der Waals surface area contributed by atoms with Gasteiger partial charge in [0.1, 0.15) is 0 Å². The summed E-state index contributed by atoms with van der Waals surface area (Å²) in [6.07, 6.45) is 7.05. The molecule has 3 aliphatic rings. The highest BCUT2D eigenvalue weighted by atomic mass is 16.5. The first kappa shape index (κ1) is 9.64. The zero-order valence-corrected chi connectivity index (χ0v) is 9.41. The van der Waals surface area contributed by atoms with Crippen molar-refractivity contribution >= 4 is 6.34 Å². The normalized spacial score (nSPS) is 40.9. The molecule has 1 aliphatic heterocycles. The second kappa shape index (κ2) is 3.21. The maximum absolute atomic E-state index is 7.29. The quantitative estimate of drug-likeness (QED) is 0.565. The van der Waals surface area contributed by atoms with E-state index < -0.39 is 0 Å². The van der Waals surface area contributed by atoms with Gasteiger partial charge in [-0.15, -0.1) is 0 Å². The van der Waals surface area contributed by atoms with E-state index in [4.69, 9.17) is 10.1 Å². The lowest BCUT2D eigenvalue weighted by atomic mass is 10.1. The Labute approximate surface area is 91.3 Å². The number of rotatable bonds is 4. The monoisotopic (exact) mass is 208 g/mol. The summed E-state index contributed by atoms with van der Waals surface area (Å²) < 4.78 is 6.05. The molecule has 0 aromatic carbocycles. The average Bonchev–Trinajstić information content (AvgIpc) is 3.10. The van der Waals surface area contributed by atoms with Gasteiger partial charge < -0.3 is 9.64 Å². The second-order valence-corrected chi connectivity index (χ2v) is 5.78. The summed E-state index contributed by atoms with van der Waals surface area (Å²) in [6, 6.07) is 0.633. The highest BCUT2D eigenvalue weighted by Gasteiger charge is 2.50. The van der Waals surface area contributed by atoms with Crippen molar-refractivity contribution in [3.63, 3.8) is 0 Å². The maximum Gasteiger partial charge on any atom is 0.0819 e. The van der Waals surface area contributed by atoms with Gasteiger partial charge in [-0.3, -0.25) is 5.41 Å². The van der Waals surface area contributed by atoms with Crippen LogP contribution in [0.25, 0.3) is 0 Å². The van der Waals surface area contributed by atoms with Crippen LogP contribution >= 0.6 is 0 Å². The SMILES string of the molecule is CC1(COC2CCN(C=N)C3CC23)CC1. The summed E-state index contributed by atoms with van der Waals surface area (Å²) in [7, 11) is 0. The van der Waals surface area contributed by atoms with Gasteiger partial charge in [0.25, 0.3) is 0 Å². The molecule has 15 heavy (non-hydrogen) atoms. The van der Waals surface area contributed by atoms with Crippen LogP contribution < -0.4 is 0 Å². The number of likely N-dealkylation sites (tertiary alicyclic amines) is 1. The molecule has 3 unspecified atom stereocenters. The van der Waals surface area contributed by atoms with Crippen molar-refractivity contribution in [3.05, 3.63) is 0 Å². The molecule has 3 nitrogen and oxygen atoms in total. The number of nitrogens with one attached hydrogen (secondary N) is 1. The highest BCUT2D eigenvalue weighted by molar-refractivity contribution is 5.52. The van der Waals surface area contributed by atoms with Crippen molar-refractivity contribution in [2.45, 2.75) is 44.8 Å². The summed E-state index contributed by atoms with van der Waals surface area (Å²) in [5.74, 6) is 0.725. The number of piperidine rings is 1. The van der Waals surface area contributed by atoms with Crippen molar-refractivity contribution in [1.82, 2.24) is 4.90 Å². The maximum atomic E-state index is 7.29. The number of hydrogen-bond donors (Lipinski definition) is 1. The summed E-state index contributed by atoms with van der Waals surface area (Å²) in [6.45, 7) is 4.31. The molecule has 0 radical (unpaired) electrons. The highest BCUT2D eigenvalue weighted by Crippen LogP contribution is 2.48. The van der Waals surface area contributed by atoms with Gasteiger partial charge in [-0.05, 0) is 31.1 Å². The summed E-state index contributed by atoms with van der Waals surface area (Å²) >= 11 is 0. The van der Waals surface area contributed by atoms with Crippen LogP contribution in [0.3, 0.4) is 0 Å². The molecule has 84 valence electrons. The average molecular weight is 208 g/mol. The van der Waals surface area contributed by atoms with E-state index in [0.717, 1.165) is 25.5 Å². The van der Waals surface area contributed by atoms with Crippen LogP contribution in [-0.4, -0.2) is 36.5 Å². The predicted octanol–water partition coefficient (Wildman–Crippen LogP) is 1.87. The fraction of sp³-hybridized carbons (Fsp3) is 0.917. The van der Waals surface area contributed by atoms with Crippen LogP contribution in [0.4, 0.5) is 0 Å². The third-order valence-corrected chi connectivity index (χ3v) is 4.30. The van der Waals surface area contributed by atoms with Crippen LogP contribution in [0.15, 0.2) is 0 Å². The van der Waals surface area contributed by atoms with E-state index >= 15 is 0 Å². The van der Waals surface area contributed by atoms with E-state index in [-0.39, 0.29) is 0 Å². The largest absolute Gasteiger partial charge is 0.377 e. The molecule has 1 N–H and O–H groups in total. The number of nitrogens with zero attached hydrogens (tertiary/aromatic N) is 1. The van der Waals surface area contributed by atoms with E-state index in [0.29, 0.717) is 17.6 Å². The van der Waals surface area contributed by atoms with Crippen molar-refractivity contribution in [2.75, 3.05) is 13.2 Å². The molecule has 3 fully saturated rings. The molecule has 2 aliphatic carbocycles. The fourth-order valence-electron chi connectivity index (χ4n) is 2.67. The smallest absolute Gasteiger partial charge is 0.0819 e. The van der Waals surface area contributed by atoms with Gasteiger partial charge >= 0.3 is 0 Å². The predicted molar refractivity (Wildman–Crippen MR) is 59.1 cm³/mol. The molecular weight excluding hydrogens is 188 g/mol. The van der Waals surface area contributed by atoms with Gasteiger partial charge in [0.15, 0.2) is 0 Å². The van der Waals surface area contributed by atoms with Crippen molar-refractivity contribution < 1.29 is 4.74 Å². The van der Waals surface area contributed by atoms with Crippen molar-refractivity contribution in [1.29, 1.82) is 5.41 Å². The summed E-state index contributed by atoms with van der Waals surface area (Å²) in [4.78, 5) is 2.17. The van der Waals surface area contributed by atoms with Gasteiger partial charge in [-0.25, -0.2) is 0 Å². The topological polar surface area (TPSA) is 36.3 Å². The fourth-order valence-corrected chi connectivity index (χ4v) is 2.67. The van der Waals surface area contributed by atoms with Gasteiger partial charge in [-0.1, -0.05) is 6.92 Å². The molecule has 0 aromatic rings. The minimum atomic E-state index is 0.489. The lowest BCUT2D eigenvalue weighted by molar-refractivity contribution is -0.00913. The molecule has 3 heteroatoms. The molecule has 3 rings (SSSR count). The Balaban J connectivity index is 1.50. The Morgan fingerprint density at radius 2 is 2.33 bits per heavy atom. The zero-order chi connectivity index (χ0) is 10.5.